The van der Waals surface area contributed by atoms with Crippen molar-refractivity contribution in [1.82, 2.24) is 5.32 Å². The Balaban J connectivity index is 0.000000612. The summed E-state index contributed by atoms with van der Waals surface area (Å²) in [6.07, 6.45) is 2.10. The molecule has 1 aromatic carbocycles. The minimum absolute atomic E-state index is 0.250. The summed E-state index contributed by atoms with van der Waals surface area (Å²) in [6.45, 7) is 6.33. The molecule has 0 aliphatic carbocycles. The zero-order valence-electron chi connectivity index (χ0n) is 12.3. The van der Waals surface area contributed by atoms with Gasteiger partial charge in [-0.2, -0.15) is 0 Å². The summed E-state index contributed by atoms with van der Waals surface area (Å²) in [7, 11) is 2.11. The molecule has 0 bridgehead atoms. The molecule has 2 N–H and O–H groups in total. The highest BCUT2D eigenvalue weighted by atomic mass is 32.2. The van der Waals surface area contributed by atoms with E-state index in [-0.39, 0.29) is 6.47 Å². The van der Waals surface area contributed by atoms with Crippen LogP contribution in [-0.2, 0) is 4.79 Å². The summed E-state index contributed by atoms with van der Waals surface area (Å²) in [5.41, 5.74) is 4.00. The van der Waals surface area contributed by atoms with Gasteiger partial charge in [-0.05, 0) is 30.7 Å². The Morgan fingerprint density at radius 1 is 1.40 bits per heavy atom. The smallest absolute Gasteiger partial charge is 0.290 e. The van der Waals surface area contributed by atoms with Crippen molar-refractivity contribution in [2.24, 2.45) is 0 Å². The Hall–Kier alpha value is -1.40. The van der Waals surface area contributed by atoms with Gasteiger partial charge in [0.05, 0.1) is 0 Å². The third kappa shape index (κ3) is 4.61. The predicted octanol–water partition coefficient (Wildman–Crippen LogP) is 1.82. The number of rotatable bonds is 3. The number of carboxylic acid groups (broad SMARTS) is 1. The number of aryl methyl sites for hydroxylation is 1. The number of nitrogens with one attached hydrogen (secondary N) is 1. The van der Waals surface area contributed by atoms with Crippen LogP contribution in [0, 0.1) is 6.92 Å². The molecule has 112 valence electrons. The highest BCUT2D eigenvalue weighted by Gasteiger charge is 2.12. The molecule has 0 spiro atoms. The number of hydrogen-bond acceptors (Lipinski definition) is 5. The lowest BCUT2D eigenvalue weighted by atomic mass is 10.1. The molecular weight excluding hydrogens is 274 g/mol. The number of benzene rings is 1. The molecule has 0 amide bonds. The van der Waals surface area contributed by atoms with Crippen LogP contribution in [0.4, 0.5) is 11.4 Å². The highest BCUT2D eigenvalue weighted by Crippen LogP contribution is 2.27. The van der Waals surface area contributed by atoms with Crippen molar-refractivity contribution in [1.29, 1.82) is 0 Å². The van der Waals surface area contributed by atoms with Crippen LogP contribution in [-0.4, -0.2) is 51.1 Å². The zero-order chi connectivity index (χ0) is 15.0. The maximum absolute atomic E-state index is 8.36. The molecule has 0 saturated carbocycles. The lowest BCUT2D eigenvalue weighted by Crippen LogP contribution is -2.43. The Morgan fingerprint density at radius 2 is 2.00 bits per heavy atom. The van der Waals surface area contributed by atoms with E-state index in [4.69, 9.17) is 9.90 Å². The predicted molar refractivity (Wildman–Crippen MR) is 86.9 cm³/mol. The summed E-state index contributed by atoms with van der Waals surface area (Å²) in [5.74, 6) is 0. The topological polar surface area (TPSA) is 55.8 Å². The second kappa shape index (κ2) is 8.71. The fourth-order valence-corrected chi connectivity index (χ4v) is 2.61. The average Bonchev–Trinajstić information content (AvgIpc) is 2.48. The van der Waals surface area contributed by atoms with Crippen LogP contribution in [0.15, 0.2) is 18.2 Å². The Morgan fingerprint density at radius 3 is 2.50 bits per heavy atom. The van der Waals surface area contributed by atoms with E-state index < -0.39 is 0 Å². The first kappa shape index (κ1) is 16.7. The fraction of sp³-hybridized carbons (Fsp3) is 0.500. The Bertz CT molecular complexity index is 423. The van der Waals surface area contributed by atoms with E-state index >= 15 is 0 Å². The van der Waals surface area contributed by atoms with Crippen LogP contribution in [0.2, 0.25) is 0 Å². The summed E-state index contributed by atoms with van der Waals surface area (Å²) < 4.78 is 2.21. The van der Waals surface area contributed by atoms with Crippen LogP contribution in [0.5, 0.6) is 0 Å². The Labute approximate surface area is 125 Å². The molecule has 6 heteroatoms. The molecule has 1 aliphatic rings. The minimum atomic E-state index is -0.250. The maximum atomic E-state index is 8.36. The van der Waals surface area contributed by atoms with Crippen LogP contribution < -0.4 is 14.5 Å². The highest BCUT2D eigenvalue weighted by molar-refractivity contribution is 7.99. The SMILES string of the molecule is CSN(C)c1ccc(N2CCNCC2)cc1C.O=CO. The van der Waals surface area contributed by atoms with Crippen LogP contribution in [0.1, 0.15) is 5.56 Å². The van der Waals surface area contributed by atoms with Crippen molar-refractivity contribution in [3.63, 3.8) is 0 Å². The van der Waals surface area contributed by atoms with Crippen molar-refractivity contribution < 1.29 is 9.90 Å². The maximum Gasteiger partial charge on any atom is 0.290 e. The number of carbonyl (C=O) groups is 1. The van der Waals surface area contributed by atoms with E-state index in [0.29, 0.717) is 0 Å². The number of nitrogens with zero attached hydrogens (tertiary/aromatic N) is 2. The van der Waals surface area contributed by atoms with Gasteiger partial charge in [-0.1, -0.05) is 11.9 Å². The van der Waals surface area contributed by atoms with Gasteiger partial charge in [0.25, 0.3) is 6.47 Å². The van der Waals surface area contributed by atoms with Gasteiger partial charge < -0.3 is 19.6 Å². The molecule has 1 saturated heterocycles. The van der Waals surface area contributed by atoms with E-state index in [9.17, 15) is 0 Å². The first-order valence-electron chi connectivity index (χ1n) is 6.56. The molecular formula is C14H23N3O2S. The molecule has 0 atom stereocenters. The van der Waals surface area contributed by atoms with Crippen molar-refractivity contribution >= 4 is 29.8 Å². The monoisotopic (exact) mass is 297 g/mol. The summed E-state index contributed by atoms with van der Waals surface area (Å²) in [6, 6.07) is 6.76. The van der Waals surface area contributed by atoms with Gasteiger partial charge in [0.2, 0.25) is 0 Å². The third-order valence-corrected chi connectivity index (χ3v) is 4.02. The first-order chi connectivity index (χ1) is 9.63. The molecule has 0 aromatic heterocycles. The van der Waals surface area contributed by atoms with E-state index in [0.717, 1.165) is 26.2 Å². The molecule has 1 aliphatic heterocycles. The minimum Gasteiger partial charge on any atom is -0.483 e. The van der Waals surface area contributed by atoms with Crippen molar-refractivity contribution in [3.05, 3.63) is 23.8 Å². The van der Waals surface area contributed by atoms with E-state index in [1.807, 2.05) is 0 Å². The normalized spacial score (nSPS) is 14.2. The number of piperazine rings is 1. The quantitative estimate of drug-likeness (QED) is 0.656. The van der Waals surface area contributed by atoms with Crippen molar-refractivity contribution in [2.45, 2.75) is 6.92 Å². The summed E-state index contributed by atoms with van der Waals surface area (Å²) in [5, 5.41) is 10.3. The average molecular weight is 297 g/mol. The summed E-state index contributed by atoms with van der Waals surface area (Å²) >= 11 is 1.74. The largest absolute Gasteiger partial charge is 0.483 e. The van der Waals surface area contributed by atoms with Gasteiger partial charge in [0.1, 0.15) is 0 Å². The molecule has 1 aromatic rings. The standard InChI is InChI=1S/C13H21N3S.CH2O2/c1-11-10-12(16-8-6-14-7-9-16)4-5-13(11)15(2)17-3;2-1-3/h4-5,10,14H,6-9H2,1-3H3;1H,(H,2,3). The third-order valence-electron chi connectivity index (χ3n) is 3.28. The van der Waals surface area contributed by atoms with Crippen LogP contribution >= 0.6 is 11.9 Å². The number of hydrogen-bond donors (Lipinski definition) is 2. The second-order valence-corrected chi connectivity index (χ2v) is 5.41. The molecule has 1 fully saturated rings. The van der Waals surface area contributed by atoms with Gasteiger partial charge in [0, 0.05) is 50.9 Å². The first-order valence-corrected chi connectivity index (χ1v) is 7.74. The van der Waals surface area contributed by atoms with Gasteiger partial charge >= 0.3 is 0 Å². The lowest BCUT2D eigenvalue weighted by molar-refractivity contribution is -0.122. The fourth-order valence-electron chi connectivity index (χ4n) is 2.21. The van der Waals surface area contributed by atoms with Crippen LogP contribution in [0.3, 0.4) is 0 Å². The van der Waals surface area contributed by atoms with Crippen molar-refractivity contribution in [2.75, 3.05) is 48.7 Å². The van der Waals surface area contributed by atoms with Gasteiger partial charge in [-0.25, -0.2) is 0 Å². The number of anilines is 2. The second-order valence-electron chi connectivity index (χ2n) is 4.49. The van der Waals surface area contributed by atoms with E-state index in [1.165, 1.54) is 16.9 Å². The van der Waals surface area contributed by atoms with E-state index in [2.05, 4.69) is 52.9 Å². The lowest BCUT2D eigenvalue weighted by Gasteiger charge is -2.30. The van der Waals surface area contributed by atoms with Gasteiger partial charge in [-0.15, -0.1) is 0 Å². The molecule has 5 nitrogen and oxygen atoms in total. The Kier molecular flexibility index (Phi) is 7.25. The zero-order valence-corrected chi connectivity index (χ0v) is 13.1. The molecule has 0 radical (unpaired) electrons. The molecule has 1 heterocycles. The van der Waals surface area contributed by atoms with Crippen LogP contribution in [0.25, 0.3) is 0 Å². The molecule has 0 unspecified atom stereocenters. The van der Waals surface area contributed by atoms with Gasteiger partial charge in [0.15, 0.2) is 0 Å². The van der Waals surface area contributed by atoms with Gasteiger partial charge in [-0.3, -0.25) is 4.79 Å². The summed E-state index contributed by atoms with van der Waals surface area (Å²) in [4.78, 5) is 10.8. The van der Waals surface area contributed by atoms with E-state index in [1.54, 1.807) is 11.9 Å². The molecule has 2 rings (SSSR count). The van der Waals surface area contributed by atoms with Crippen molar-refractivity contribution in [3.8, 4) is 0 Å². The molecule has 20 heavy (non-hydrogen) atoms.